The first-order chi connectivity index (χ1) is 15.2. The van der Waals surface area contributed by atoms with Crippen molar-refractivity contribution in [2.75, 3.05) is 5.32 Å². The molecule has 156 valence electrons. The molecule has 31 heavy (non-hydrogen) atoms. The van der Waals surface area contributed by atoms with Crippen LogP contribution in [-0.2, 0) is 17.6 Å². The molecule has 0 aliphatic heterocycles. The van der Waals surface area contributed by atoms with E-state index in [1.807, 2.05) is 30.3 Å². The third kappa shape index (κ3) is 4.20. The summed E-state index contributed by atoms with van der Waals surface area (Å²) >= 11 is 3.20. The zero-order valence-electron chi connectivity index (χ0n) is 16.7. The number of amides is 1. The van der Waals surface area contributed by atoms with Gasteiger partial charge in [0, 0.05) is 16.0 Å². The molecule has 5 rings (SSSR count). The number of thioether (sulfide) groups is 1. The molecular weight excluding hydrogens is 429 g/mol. The maximum atomic E-state index is 13.3. The predicted molar refractivity (Wildman–Crippen MR) is 124 cm³/mol. The molecule has 0 saturated carbocycles. The van der Waals surface area contributed by atoms with Crippen molar-refractivity contribution >= 4 is 44.9 Å². The van der Waals surface area contributed by atoms with Gasteiger partial charge in [-0.3, -0.25) is 4.79 Å². The molecule has 2 aromatic carbocycles. The number of rotatable bonds is 5. The van der Waals surface area contributed by atoms with E-state index in [-0.39, 0.29) is 11.7 Å². The van der Waals surface area contributed by atoms with Gasteiger partial charge in [0.1, 0.15) is 27.3 Å². The molecule has 0 fully saturated rings. The van der Waals surface area contributed by atoms with Crippen LogP contribution in [0.3, 0.4) is 0 Å². The minimum atomic E-state index is -0.497. The summed E-state index contributed by atoms with van der Waals surface area (Å²) in [7, 11) is 0. The lowest BCUT2D eigenvalue weighted by Crippen LogP contribution is -2.19. The molecule has 1 unspecified atom stereocenters. The Kier molecular flexibility index (Phi) is 5.70. The number of hydrogen-bond donors (Lipinski definition) is 1. The smallest absolute Gasteiger partial charge is 0.242 e. The molecule has 0 radical (unpaired) electrons. The Balaban J connectivity index is 1.51. The van der Waals surface area contributed by atoms with Gasteiger partial charge >= 0.3 is 0 Å². The van der Waals surface area contributed by atoms with Gasteiger partial charge in [0.15, 0.2) is 0 Å². The average molecular weight is 450 g/mol. The van der Waals surface area contributed by atoms with Gasteiger partial charge in [-0.15, -0.1) is 11.3 Å². The van der Waals surface area contributed by atoms with Gasteiger partial charge in [0.05, 0.1) is 0 Å². The van der Waals surface area contributed by atoms with Gasteiger partial charge in [0.25, 0.3) is 0 Å². The fourth-order valence-corrected chi connectivity index (χ4v) is 6.33. The summed E-state index contributed by atoms with van der Waals surface area (Å²) in [6, 6.07) is 15.5. The highest BCUT2D eigenvalue weighted by Gasteiger charge is 2.26. The molecule has 1 aliphatic rings. The Bertz CT molecular complexity index is 1230. The summed E-state index contributed by atoms with van der Waals surface area (Å²) in [6.45, 7) is 0. The highest BCUT2D eigenvalue weighted by atomic mass is 32.2. The van der Waals surface area contributed by atoms with E-state index in [9.17, 15) is 9.18 Å². The zero-order valence-corrected chi connectivity index (χ0v) is 18.3. The number of carbonyl (C=O) groups excluding carboxylic acids is 1. The van der Waals surface area contributed by atoms with Crippen LogP contribution in [0.1, 0.15) is 34.1 Å². The maximum Gasteiger partial charge on any atom is 0.242 e. The quantitative estimate of drug-likeness (QED) is 0.292. The second-order valence-electron chi connectivity index (χ2n) is 7.47. The summed E-state index contributed by atoms with van der Waals surface area (Å²) in [5, 5.41) is 4.37. The summed E-state index contributed by atoms with van der Waals surface area (Å²) < 4.78 is 13.3. The van der Waals surface area contributed by atoms with Gasteiger partial charge in [-0.2, -0.15) is 0 Å². The van der Waals surface area contributed by atoms with E-state index in [1.54, 1.807) is 29.8 Å². The summed E-state index contributed by atoms with van der Waals surface area (Å²) in [4.78, 5) is 24.8. The predicted octanol–water partition coefficient (Wildman–Crippen LogP) is 6.18. The number of benzene rings is 2. The number of aromatic nitrogens is 2. The third-order valence-electron chi connectivity index (χ3n) is 5.40. The van der Waals surface area contributed by atoms with Crippen LogP contribution in [0.4, 0.5) is 10.1 Å². The van der Waals surface area contributed by atoms with Crippen molar-refractivity contribution in [3.8, 4) is 0 Å². The first kappa shape index (κ1) is 20.2. The van der Waals surface area contributed by atoms with E-state index >= 15 is 0 Å². The molecule has 7 heteroatoms. The lowest BCUT2D eigenvalue weighted by atomic mass is 9.97. The molecule has 2 heterocycles. The number of carbonyl (C=O) groups is 1. The first-order valence-electron chi connectivity index (χ1n) is 10.2. The van der Waals surface area contributed by atoms with E-state index in [0.717, 1.165) is 33.6 Å². The van der Waals surface area contributed by atoms with Crippen molar-refractivity contribution in [1.82, 2.24) is 9.97 Å². The van der Waals surface area contributed by atoms with Crippen LogP contribution >= 0.6 is 23.1 Å². The number of fused-ring (bicyclic) bond motifs is 3. The molecule has 1 N–H and O–H groups in total. The van der Waals surface area contributed by atoms with Crippen LogP contribution < -0.4 is 5.32 Å². The van der Waals surface area contributed by atoms with E-state index in [4.69, 9.17) is 0 Å². The maximum absolute atomic E-state index is 13.3. The van der Waals surface area contributed by atoms with E-state index in [2.05, 4.69) is 15.3 Å². The SMILES string of the molecule is O=C(Nc1ccc(F)cc1)C(Sc1ncnc2sc3c(c12)CCCC3)c1ccccc1. The van der Waals surface area contributed by atoms with E-state index < -0.39 is 5.25 Å². The third-order valence-corrected chi connectivity index (χ3v) is 7.85. The van der Waals surface area contributed by atoms with Crippen molar-refractivity contribution in [1.29, 1.82) is 0 Å². The first-order valence-corrected chi connectivity index (χ1v) is 11.9. The Morgan fingerprint density at radius 3 is 2.61 bits per heavy atom. The lowest BCUT2D eigenvalue weighted by molar-refractivity contribution is -0.115. The second-order valence-corrected chi connectivity index (χ2v) is 9.65. The number of thiophene rings is 1. The molecule has 4 aromatic rings. The standard InChI is InChI=1S/C24H20FN3OS2/c25-16-10-12-17(13-11-16)28-22(29)21(15-6-2-1-3-7-15)31-24-20-18-8-4-5-9-19(18)30-23(20)26-14-27-24/h1-3,6-7,10-14,21H,4-5,8-9H2,(H,28,29). The van der Waals surface area contributed by atoms with E-state index in [1.165, 1.54) is 47.2 Å². The normalized spacial score (nSPS) is 14.2. The Morgan fingerprint density at radius 2 is 1.81 bits per heavy atom. The average Bonchev–Trinajstić information content (AvgIpc) is 3.19. The highest BCUT2D eigenvalue weighted by molar-refractivity contribution is 8.00. The van der Waals surface area contributed by atoms with Crippen LogP contribution in [-0.4, -0.2) is 15.9 Å². The van der Waals surface area contributed by atoms with Crippen LogP contribution in [0.5, 0.6) is 0 Å². The van der Waals surface area contributed by atoms with Gasteiger partial charge in [-0.25, -0.2) is 14.4 Å². The van der Waals surface area contributed by atoms with Crippen molar-refractivity contribution in [2.45, 2.75) is 36.0 Å². The molecule has 1 amide bonds. The summed E-state index contributed by atoms with van der Waals surface area (Å²) in [5.74, 6) is -0.503. The van der Waals surface area contributed by atoms with Crippen LogP contribution in [0.2, 0.25) is 0 Å². The second kappa shape index (κ2) is 8.77. The molecule has 4 nitrogen and oxygen atoms in total. The van der Waals surface area contributed by atoms with Crippen molar-refractivity contribution < 1.29 is 9.18 Å². The van der Waals surface area contributed by atoms with Gasteiger partial charge in [-0.1, -0.05) is 42.1 Å². The summed E-state index contributed by atoms with van der Waals surface area (Å²) in [6.07, 6.45) is 6.10. The van der Waals surface area contributed by atoms with Gasteiger partial charge in [0.2, 0.25) is 5.91 Å². The van der Waals surface area contributed by atoms with Crippen molar-refractivity contribution in [2.24, 2.45) is 0 Å². The molecule has 0 bridgehead atoms. The largest absolute Gasteiger partial charge is 0.325 e. The molecular formula is C24H20FN3OS2. The summed E-state index contributed by atoms with van der Waals surface area (Å²) in [5.41, 5.74) is 2.80. The van der Waals surface area contributed by atoms with Crippen molar-refractivity contribution in [3.05, 3.63) is 82.7 Å². The highest BCUT2D eigenvalue weighted by Crippen LogP contribution is 2.43. The van der Waals surface area contributed by atoms with Crippen LogP contribution in [0.15, 0.2) is 66.0 Å². The Hall–Kier alpha value is -2.77. The lowest BCUT2D eigenvalue weighted by Gasteiger charge is -2.18. The number of anilines is 1. The van der Waals surface area contributed by atoms with Gasteiger partial charge in [-0.05, 0) is 61.1 Å². The van der Waals surface area contributed by atoms with Gasteiger partial charge < -0.3 is 5.32 Å². The molecule has 0 saturated heterocycles. The molecule has 1 atom stereocenters. The van der Waals surface area contributed by atoms with Crippen molar-refractivity contribution in [3.63, 3.8) is 0 Å². The minimum Gasteiger partial charge on any atom is -0.325 e. The molecule has 1 aliphatic carbocycles. The Labute approximate surface area is 187 Å². The van der Waals surface area contributed by atoms with Crippen LogP contribution in [0.25, 0.3) is 10.2 Å². The number of hydrogen-bond acceptors (Lipinski definition) is 5. The number of halogens is 1. The number of nitrogens with one attached hydrogen (secondary N) is 1. The molecule has 2 aromatic heterocycles. The van der Waals surface area contributed by atoms with Crippen LogP contribution in [0, 0.1) is 5.82 Å². The number of aryl methyl sites for hydroxylation is 2. The Morgan fingerprint density at radius 1 is 1.03 bits per heavy atom. The van der Waals surface area contributed by atoms with E-state index in [0.29, 0.717) is 5.69 Å². The molecule has 0 spiro atoms. The topological polar surface area (TPSA) is 54.9 Å². The monoisotopic (exact) mass is 449 g/mol. The zero-order chi connectivity index (χ0) is 21.2. The fraction of sp³-hybridized carbons (Fsp3) is 0.208. The minimum absolute atomic E-state index is 0.168. The number of nitrogens with zero attached hydrogens (tertiary/aromatic N) is 2. The fourth-order valence-electron chi connectivity index (χ4n) is 3.90.